The quantitative estimate of drug-likeness (QED) is 0.190. The summed E-state index contributed by atoms with van der Waals surface area (Å²) in [7, 11) is 0. The second-order valence-corrected chi connectivity index (χ2v) is 13.7. The standard InChI is InChI=1S/C33H48N6O8/c1-32(2,3)47-31(44)37-33(4,5)28(41)36-25(20-45-19-23-9-7-6-8-10-23)26-24(15-16-46-30(43)35-18-22-13-14-22)27(40)39(38-26)29(42)34-17-21-11-12-21/h6-10,21-22,25,40H,11-20H2,1-5H3,(H,34,42)(H,35,43)(H,36,41)(H,37,44)/t25-/m1/s1. The molecule has 2 aliphatic rings. The molecule has 2 saturated carbocycles. The van der Waals surface area contributed by atoms with Crippen LogP contribution in [-0.4, -0.2) is 76.5 Å². The maximum absolute atomic E-state index is 13.6. The lowest BCUT2D eigenvalue weighted by Gasteiger charge is -2.29. The van der Waals surface area contributed by atoms with Crippen molar-refractivity contribution in [2.24, 2.45) is 11.8 Å². The molecule has 258 valence electrons. The number of benzene rings is 1. The summed E-state index contributed by atoms with van der Waals surface area (Å²) >= 11 is 0. The first-order chi connectivity index (χ1) is 22.2. The Hall–Kier alpha value is -4.33. The number of rotatable bonds is 15. The van der Waals surface area contributed by atoms with E-state index in [9.17, 15) is 24.3 Å². The Morgan fingerprint density at radius 1 is 0.957 bits per heavy atom. The highest BCUT2D eigenvalue weighted by atomic mass is 16.6. The number of ether oxygens (including phenoxy) is 3. The highest BCUT2D eigenvalue weighted by Crippen LogP contribution is 2.30. The Morgan fingerprint density at radius 3 is 2.21 bits per heavy atom. The first-order valence-corrected chi connectivity index (χ1v) is 16.1. The van der Waals surface area contributed by atoms with E-state index in [4.69, 9.17) is 14.2 Å². The fourth-order valence-electron chi connectivity index (χ4n) is 4.61. The lowest BCUT2D eigenvalue weighted by atomic mass is 10.0. The predicted octanol–water partition coefficient (Wildman–Crippen LogP) is 3.91. The van der Waals surface area contributed by atoms with Gasteiger partial charge in [0, 0.05) is 25.1 Å². The normalized spacial score (nSPS) is 15.3. The smallest absolute Gasteiger partial charge is 0.408 e. The third-order valence-electron chi connectivity index (χ3n) is 7.65. The zero-order valence-electron chi connectivity index (χ0n) is 27.9. The van der Waals surface area contributed by atoms with Crippen LogP contribution in [0.5, 0.6) is 5.88 Å². The van der Waals surface area contributed by atoms with Gasteiger partial charge in [0.05, 0.1) is 31.6 Å². The molecule has 2 aliphatic carbocycles. The summed E-state index contributed by atoms with van der Waals surface area (Å²) < 4.78 is 17.5. The van der Waals surface area contributed by atoms with Gasteiger partial charge in [-0.2, -0.15) is 5.10 Å². The van der Waals surface area contributed by atoms with Crippen LogP contribution in [0.15, 0.2) is 30.3 Å². The molecule has 1 atom stereocenters. The molecule has 14 heteroatoms. The molecule has 0 spiro atoms. The van der Waals surface area contributed by atoms with Crippen molar-refractivity contribution in [1.82, 2.24) is 31.0 Å². The van der Waals surface area contributed by atoms with Crippen molar-refractivity contribution in [2.45, 2.75) is 90.5 Å². The molecule has 0 unspecified atom stereocenters. The van der Waals surface area contributed by atoms with Crippen molar-refractivity contribution in [2.75, 3.05) is 26.3 Å². The molecule has 5 N–H and O–H groups in total. The van der Waals surface area contributed by atoms with Crippen molar-refractivity contribution < 1.29 is 38.5 Å². The van der Waals surface area contributed by atoms with Crippen LogP contribution in [0.4, 0.5) is 14.4 Å². The van der Waals surface area contributed by atoms with Gasteiger partial charge in [-0.25, -0.2) is 14.4 Å². The maximum atomic E-state index is 13.6. The van der Waals surface area contributed by atoms with Gasteiger partial charge in [-0.1, -0.05) is 30.3 Å². The fourth-order valence-corrected chi connectivity index (χ4v) is 4.61. The molecule has 1 heterocycles. The zero-order chi connectivity index (χ0) is 34.2. The molecule has 0 radical (unpaired) electrons. The van der Waals surface area contributed by atoms with E-state index in [-0.39, 0.29) is 37.5 Å². The Balaban J connectivity index is 1.56. The van der Waals surface area contributed by atoms with Crippen molar-refractivity contribution in [3.8, 4) is 5.88 Å². The Bertz CT molecular complexity index is 1400. The number of amides is 4. The minimum absolute atomic E-state index is 0.00146. The molecule has 14 nitrogen and oxygen atoms in total. The summed E-state index contributed by atoms with van der Waals surface area (Å²) in [4.78, 5) is 51.5. The number of aromatic nitrogens is 2. The van der Waals surface area contributed by atoms with Gasteiger partial charge in [-0.05, 0) is 77.7 Å². The minimum atomic E-state index is -1.44. The van der Waals surface area contributed by atoms with Crippen LogP contribution in [0.2, 0.25) is 0 Å². The van der Waals surface area contributed by atoms with Gasteiger partial charge >= 0.3 is 18.2 Å². The molecule has 1 aromatic heterocycles. The largest absolute Gasteiger partial charge is 0.493 e. The van der Waals surface area contributed by atoms with Crippen molar-refractivity contribution in [3.05, 3.63) is 47.2 Å². The number of nitrogens with one attached hydrogen (secondary N) is 4. The number of nitrogens with zero attached hydrogens (tertiary/aromatic N) is 2. The number of carbonyl (C=O) groups is 4. The Labute approximate surface area is 275 Å². The Kier molecular flexibility index (Phi) is 11.7. The van der Waals surface area contributed by atoms with Crippen molar-refractivity contribution in [1.29, 1.82) is 0 Å². The summed E-state index contributed by atoms with van der Waals surface area (Å²) in [6, 6.07) is 7.81. The third kappa shape index (κ3) is 11.5. The number of carbonyl (C=O) groups excluding carboxylic acids is 4. The SMILES string of the molecule is CC(C)(C)OC(=O)NC(C)(C)C(=O)N[C@H](COCc1ccccc1)c1nn(C(=O)NCC2CC2)c(O)c1CCOC(=O)NCC1CC1. The zero-order valence-corrected chi connectivity index (χ0v) is 27.9. The van der Waals surface area contributed by atoms with Crippen LogP contribution in [-0.2, 0) is 32.0 Å². The monoisotopic (exact) mass is 656 g/mol. The molecule has 2 aromatic rings. The van der Waals surface area contributed by atoms with Crippen molar-refractivity contribution >= 4 is 24.1 Å². The highest BCUT2D eigenvalue weighted by Gasteiger charge is 2.36. The number of hydrogen-bond acceptors (Lipinski definition) is 9. The molecule has 1 aromatic carbocycles. The average molecular weight is 657 g/mol. The summed E-state index contributed by atoms with van der Waals surface area (Å²) in [6.45, 7) is 9.15. The van der Waals surface area contributed by atoms with Crippen molar-refractivity contribution in [3.63, 3.8) is 0 Å². The fraction of sp³-hybridized carbons (Fsp3) is 0.606. The molecule has 2 fully saturated rings. The van der Waals surface area contributed by atoms with Crippen LogP contribution in [0.3, 0.4) is 0 Å². The number of hydrogen-bond donors (Lipinski definition) is 5. The van der Waals surface area contributed by atoms with Crippen LogP contribution in [0.25, 0.3) is 0 Å². The second-order valence-electron chi connectivity index (χ2n) is 13.7. The van der Waals surface area contributed by atoms with Crippen LogP contribution in [0, 0.1) is 11.8 Å². The maximum Gasteiger partial charge on any atom is 0.408 e. The lowest BCUT2D eigenvalue weighted by molar-refractivity contribution is -0.127. The lowest BCUT2D eigenvalue weighted by Crippen LogP contribution is -2.56. The Morgan fingerprint density at radius 2 is 1.60 bits per heavy atom. The van der Waals surface area contributed by atoms with E-state index < -0.39 is 47.2 Å². The summed E-state index contributed by atoms with van der Waals surface area (Å²) in [6.07, 6.45) is 2.81. The third-order valence-corrected chi connectivity index (χ3v) is 7.65. The predicted molar refractivity (Wildman–Crippen MR) is 172 cm³/mol. The molecule has 0 saturated heterocycles. The van der Waals surface area contributed by atoms with Gasteiger partial charge < -0.3 is 40.6 Å². The van der Waals surface area contributed by atoms with Gasteiger partial charge in [0.2, 0.25) is 11.8 Å². The van der Waals surface area contributed by atoms with E-state index >= 15 is 0 Å². The van der Waals surface area contributed by atoms with E-state index in [1.54, 1.807) is 20.8 Å². The van der Waals surface area contributed by atoms with Crippen LogP contribution < -0.4 is 21.3 Å². The van der Waals surface area contributed by atoms with Gasteiger partial charge in [0.15, 0.2) is 0 Å². The molecule has 0 aliphatic heterocycles. The number of aromatic hydroxyl groups is 1. The topological polar surface area (TPSA) is 182 Å². The van der Waals surface area contributed by atoms with E-state index in [0.29, 0.717) is 24.9 Å². The molecule has 4 rings (SSSR count). The first-order valence-electron chi connectivity index (χ1n) is 16.1. The van der Waals surface area contributed by atoms with Gasteiger partial charge in [0.1, 0.15) is 11.1 Å². The van der Waals surface area contributed by atoms with E-state index in [0.717, 1.165) is 35.9 Å². The summed E-state index contributed by atoms with van der Waals surface area (Å²) in [5, 5.41) is 26.6. The molecular weight excluding hydrogens is 608 g/mol. The van der Waals surface area contributed by atoms with Gasteiger partial charge in [-0.15, -0.1) is 4.68 Å². The second kappa shape index (κ2) is 15.5. The summed E-state index contributed by atoms with van der Waals surface area (Å²) in [5.41, 5.74) is -0.965. The average Bonchev–Trinajstić information content (AvgIpc) is 3.93. The summed E-state index contributed by atoms with van der Waals surface area (Å²) in [5.74, 6) is -0.176. The highest BCUT2D eigenvalue weighted by molar-refractivity contribution is 5.89. The molecule has 4 amide bonds. The van der Waals surface area contributed by atoms with Crippen LogP contribution >= 0.6 is 0 Å². The van der Waals surface area contributed by atoms with Crippen LogP contribution in [0.1, 0.15) is 83.2 Å². The van der Waals surface area contributed by atoms with E-state index in [2.05, 4.69) is 26.4 Å². The molecular formula is C33H48N6O8. The van der Waals surface area contributed by atoms with Gasteiger partial charge in [-0.3, -0.25) is 4.79 Å². The first kappa shape index (κ1) is 35.5. The van der Waals surface area contributed by atoms with E-state index in [1.165, 1.54) is 13.8 Å². The number of alkyl carbamates (subject to hydrolysis) is 2. The minimum Gasteiger partial charge on any atom is -0.493 e. The van der Waals surface area contributed by atoms with E-state index in [1.807, 2.05) is 30.3 Å². The molecule has 0 bridgehead atoms. The van der Waals surface area contributed by atoms with Gasteiger partial charge in [0.25, 0.3) is 0 Å². The molecule has 47 heavy (non-hydrogen) atoms.